The highest BCUT2D eigenvalue weighted by atomic mass is 32.2. The van der Waals surface area contributed by atoms with Gasteiger partial charge in [0.25, 0.3) is 5.91 Å². The van der Waals surface area contributed by atoms with Crippen LogP contribution in [0.15, 0.2) is 71.8 Å². The Labute approximate surface area is 203 Å². The molecule has 0 aliphatic carbocycles. The maximum Gasteiger partial charge on any atom is 0.251 e. The van der Waals surface area contributed by atoms with Gasteiger partial charge in [-0.05, 0) is 48.7 Å². The Morgan fingerprint density at radius 2 is 1.74 bits per heavy atom. The van der Waals surface area contributed by atoms with E-state index in [0.717, 1.165) is 18.4 Å². The van der Waals surface area contributed by atoms with Crippen molar-refractivity contribution in [3.63, 3.8) is 0 Å². The topological polar surface area (TPSA) is 140 Å². The first-order valence-electron chi connectivity index (χ1n) is 11.1. The van der Waals surface area contributed by atoms with Crippen molar-refractivity contribution in [1.29, 1.82) is 0 Å². The molecule has 2 aromatic carbocycles. The van der Waals surface area contributed by atoms with Gasteiger partial charge in [0, 0.05) is 24.7 Å². The molecule has 35 heavy (non-hydrogen) atoms. The number of benzene rings is 2. The molecule has 1 aromatic heterocycles. The molecule has 1 fully saturated rings. The number of hydrogen-bond donors (Lipinski definition) is 2. The summed E-state index contributed by atoms with van der Waals surface area (Å²) >= 11 is 0. The number of rotatable bonds is 7. The number of carbonyl (C=O) groups is 2. The van der Waals surface area contributed by atoms with Crippen LogP contribution < -0.4 is 10.5 Å². The summed E-state index contributed by atoms with van der Waals surface area (Å²) in [6.07, 6.45) is 6.74. The lowest BCUT2D eigenvalue weighted by atomic mass is 10.1. The van der Waals surface area contributed by atoms with Gasteiger partial charge in [-0.15, -0.1) is 5.10 Å². The van der Waals surface area contributed by atoms with E-state index in [9.17, 15) is 18.0 Å². The molecule has 2 heterocycles. The van der Waals surface area contributed by atoms with Crippen molar-refractivity contribution >= 4 is 27.9 Å². The minimum absolute atomic E-state index is 0.00797. The Bertz CT molecular complexity index is 1310. The third kappa shape index (κ3) is 6.40. The predicted octanol–water partition coefficient (Wildman–Crippen LogP) is 1.73. The Balaban J connectivity index is 1.26. The van der Waals surface area contributed by atoms with E-state index in [1.807, 2.05) is 41.3 Å². The average molecular weight is 495 g/mol. The first-order chi connectivity index (χ1) is 16.8. The largest absolute Gasteiger partial charge is 0.346 e. The Kier molecular flexibility index (Phi) is 7.37. The molecule has 3 aromatic rings. The number of likely N-dealkylation sites (tertiary alicyclic amines) is 1. The molecule has 0 radical (unpaired) electrons. The molecule has 182 valence electrons. The van der Waals surface area contributed by atoms with Crippen LogP contribution in [0, 0.1) is 0 Å². The molecule has 4 rings (SSSR count). The molecule has 10 nitrogen and oxygen atoms in total. The number of aromatic nitrogens is 3. The van der Waals surface area contributed by atoms with Crippen molar-refractivity contribution in [1.82, 2.24) is 25.2 Å². The average Bonchev–Trinajstić information content (AvgIpc) is 3.35. The van der Waals surface area contributed by atoms with Crippen LogP contribution in [-0.4, -0.2) is 53.2 Å². The third-order valence-corrected chi connectivity index (χ3v) is 6.73. The normalized spacial score (nSPS) is 14.8. The molecule has 0 unspecified atom stereocenters. The lowest BCUT2D eigenvalue weighted by Crippen LogP contribution is -2.38. The van der Waals surface area contributed by atoms with Crippen molar-refractivity contribution in [2.24, 2.45) is 5.14 Å². The number of primary sulfonamides is 1. The van der Waals surface area contributed by atoms with E-state index in [1.54, 1.807) is 17.0 Å². The van der Waals surface area contributed by atoms with Crippen LogP contribution in [0.25, 0.3) is 6.08 Å². The molecule has 3 N–H and O–H groups in total. The second-order valence-corrected chi connectivity index (χ2v) is 9.80. The molecule has 0 saturated carbocycles. The van der Waals surface area contributed by atoms with Crippen molar-refractivity contribution in [3.8, 4) is 0 Å². The number of carbonyl (C=O) groups excluding carboxylic acids is 2. The van der Waals surface area contributed by atoms with Crippen LogP contribution >= 0.6 is 0 Å². The fourth-order valence-corrected chi connectivity index (χ4v) is 4.35. The van der Waals surface area contributed by atoms with E-state index < -0.39 is 10.0 Å². The zero-order valence-corrected chi connectivity index (χ0v) is 19.8. The van der Waals surface area contributed by atoms with Crippen molar-refractivity contribution in [3.05, 3.63) is 83.7 Å². The Morgan fingerprint density at radius 3 is 2.40 bits per heavy atom. The van der Waals surface area contributed by atoms with Crippen LogP contribution in [0.2, 0.25) is 0 Å². The second kappa shape index (κ2) is 10.6. The van der Waals surface area contributed by atoms with Crippen LogP contribution in [0.4, 0.5) is 0 Å². The molecule has 11 heteroatoms. The molecular weight excluding hydrogens is 468 g/mol. The van der Waals surface area contributed by atoms with E-state index in [2.05, 4.69) is 15.6 Å². The van der Waals surface area contributed by atoms with E-state index in [1.165, 1.54) is 24.3 Å². The summed E-state index contributed by atoms with van der Waals surface area (Å²) in [7, 11) is -3.81. The number of piperidine rings is 1. The molecule has 0 spiro atoms. The van der Waals surface area contributed by atoms with Crippen LogP contribution in [0.3, 0.4) is 0 Å². The SMILES string of the molecule is NS(=O)(=O)c1ccc(C(=O)NCc2cn(C3CCN(C(=O)/C=C/c4ccccc4)CC3)nn2)cc1. The first kappa shape index (κ1) is 24.3. The summed E-state index contributed by atoms with van der Waals surface area (Å²) in [6.45, 7) is 1.43. The molecule has 1 aliphatic heterocycles. The maximum absolute atomic E-state index is 12.5. The molecule has 0 bridgehead atoms. The molecule has 1 aliphatic rings. The van der Waals surface area contributed by atoms with Gasteiger partial charge >= 0.3 is 0 Å². The van der Waals surface area contributed by atoms with E-state index in [-0.39, 0.29) is 29.3 Å². The summed E-state index contributed by atoms with van der Waals surface area (Å²) in [5.74, 6) is -0.373. The first-order valence-corrected chi connectivity index (χ1v) is 12.7. The van der Waals surface area contributed by atoms with Crippen molar-refractivity contribution in [2.75, 3.05) is 13.1 Å². The highest BCUT2D eigenvalue weighted by Gasteiger charge is 2.23. The summed E-state index contributed by atoms with van der Waals surface area (Å²) in [6, 6.07) is 15.2. The van der Waals surface area contributed by atoms with E-state index >= 15 is 0 Å². The van der Waals surface area contributed by atoms with E-state index in [4.69, 9.17) is 5.14 Å². The summed E-state index contributed by atoms with van der Waals surface area (Å²) in [5, 5.41) is 16.1. The number of sulfonamides is 1. The lowest BCUT2D eigenvalue weighted by molar-refractivity contribution is -0.127. The van der Waals surface area contributed by atoms with Crippen LogP contribution in [-0.2, 0) is 21.4 Å². The van der Waals surface area contributed by atoms with Crippen LogP contribution in [0.1, 0.15) is 40.5 Å². The molecule has 2 amide bonds. The lowest BCUT2D eigenvalue weighted by Gasteiger charge is -2.31. The van der Waals surface area contributed by atoms with Gasteiger partial charge in [-0.2, -0.15) is 0 Å². The summed E-state index contributed by atoms with van der Waals surface area (Å²) in [4.78, 5) is 26.6. The standard InChI is InChI=1S/C24H26N6O4S/c25-35(33,34)22-9-7-19(8-10-22)24(32)26-16-20-17-30(28-27-20)21-12-14-29(15-13-21)23(31)11-6-18-4-2-1-3-5-18/h1-11,17,21H,12-16H2,(H,26,32)(H2,25,33,34)/b11-6+. The zero-order valence-electron chi connectivity index (χ0n) is 18.9. The van der Waals surface area contributed by atoms with Gasteiger partial charge in [0.2, 0.25) is 15.9 Å². The number of nitrogens with two attached hydrogens (primary N) is 1. The summed E-state index contributed by atoms with van der Waals surface area (Å²) < 4.78 is 24.4. The smallest absolute Gasteiger partial charge is 0.251 e. The van der Waals surface area contributed by atoms with E-state index in [0.29, 0.717) is 24.3 Å². The Morgan fingerprint density at radius 1 is 1.06 bits per heavy atom. The molecule has 0 atom stereocenters. The zero-order chi connectivity index (χ0) is 24.8. The summed E-state index contributed by atoms with van der Waals surface area (Å²) in [5.41, 5.74) is 1.89. The second-order valence-electron chi connectivity index (χ2n) is 8.24. The van der Waals surface area contributed by atoms with Gasteiger partial charge < -0.3 is 10.2 Å². The highest BCUT2D eigenvalue weighted by Crippen LogP contribution is 2.22. The fourth-order valence-electron chi connectivity index (χ4n) is 3.83. The predicted molar refractivity (Wildman–Crippen MR) is 129 cm³/mol. The molecule has 1 saturated heterocycles. The minimum Gasteiger partial charge on any atom is -0.346 e. The van der Waals surface area contributed by atoms with Gasteiger partial charge in [0.1, 0.15) is 5.69 Å². The quantitative estimate of drug-likeness (QED) is 0.480. The Hall–Kier alpha value is -3.83. The van der Waals surface area contributed by atoms with Gasteiger partial charge in [0.15, 0.2) is 0 Å². The van der Waals surface area contributed by atoms with Gasteiger partial charge in [-0.1, -0.05) is 35.5 Å². The van der Waals surface area contributed by atoms with Crippen molar-refractivity contribution < 1.29 is 18.0 Å². The number of hydrogen-bond acceptors (Lipinski definition) is 6. The fraction of sp³-hybridized carbons (Fsp3) is 0.250. The van der Waals surface area contributed by atoms with Crippen molar-refractivity contribution in [2.45, 2.75) is 30.3 Å². The number of nitrogens with zero attached hydrogens (tertiary/aromatic N) is 4. The van der Waals surface area contributed by atoms with Gasteiger partial charge in [0.05, 0.1) is 23.7 Å². The van der Waals surface area contributed by atoms with Crippen LogP contribution in [0.5, 0.6) is 0 Å². The third-order valence-electron chi connectivity index (χ3n) is 5.80. The monoisotopic (exact) mass is 494 g/mol. The molecular formula is C24H26N6O4S. The number of nitrogens with one attached hydrogen (secondary N) is 1. The highest BCUT2D eigenvalue weighted by molar-refractivity contribution is 7.89. The minimum atomic E-state index is -3.81. The maximum atomic E-state index is 12.5. The van der Waals surface area contributed by atoms with Gasteiger partial charge in [-0.25, -0.2) is 18.2 Å². The van der Waals surface area contributed by atoms with Gasteiger partial charge in [-0.3, -0.25) is 9.59 Å². The number of amides is 2.